The van der Waals surface area contributed by atoms with E-state index in [9.17, 15) is 4.79 Å². The van der Waals surface area contributed by atoms with Gasteiger partial charge in [-0.2, -0.15) is 0 Å². The molecule has 2 amide bonds. The molecule has 0 unspecified atom stereocenters. The van der Waals surface area contributed by atoms with Crippen LogP contribution in [0, 0.1) is 0 Å². The van der Waals surface area contributed by atoms with E-state index >= 15 is 0 Å². The van der Waals surface area contributed by atoms with Gasteiger partial charge in [0.25, 0.3) is 0 Å². The second kappa shape index (κ2) is 8.82. The van der Waals surface area contributed by atoms with Crippen molar-refractivity contribution in [1.29, 1.82) is 0 Å². The first-order valence-electron chi connectivity index (χ1n) is 8.19. The zero-order valence-corrected chi connectivity index (χ0v) is 14.5. The van der Waals surface area contributed by atoms with Crippen LogP contribution in [-0.4, -0.2) is 26.2 Å². The highest BCUT2D eigenvalue weighted by atomic mass is 16.5. The summed E-state index contributed by atoms with van der Waals surface area (Å²) in [5.41, 5.74) is 2.90. The molecular weight excluding hydrogens is 302 g/mol. The molecule has 0 aromatic heterocycles. The minimum atomic E-state index is -0.257. The van der Waals surface area contributed by atoms with Gasteiger partial charge in [0.05, 0.1) is 12.8 Å². The Labute approximate surface area is 143 Å². The number of carbonyl (C=O) groups is 1. The lowest BCUT2D eigenvalue weighted by Gasteiger charge is -2.21. The fraction of sp³-hybridized carbons (Fsp3) is 0.316. The third kappa shape index (κ3) is 4.65. The Bertz CT molecular complexity index is 652. The molecule has 5 heteroatoms. The highest BCUT2D eigenvalue weighted by Crippen LogP contribution is 2.22. The van der Waals surface area contributed by atoms with E-state index in [1.807, 2.05) is 30.3 Å². The van der Waals surface area contributed by atoms with Gasteiger partial charge in [-0.25, -0.2) is 4.79 Å². The van der Waals surface area contributed by atoms with Crippen molar-refractivity contribution >= 4 is 17.4 Å². The van der Waals surface area contributed by atoms with E-state index in [1.165, 1.54) is 5.69 Å². The third-order valence-corrected chi connectivity index (χ3v) is 3.87. The van der Waals surface area contributed by atoms with Gasteiger partial charge < -0.3 is 20.3 Å². The molecular formula is C19H25N3O2. The van der Waals surface area contributed by atoms with Crippen molar-refractivity contribution in [3.63, 3.8) is 0 Å². The Morgan fingerprint density at radius 3 is 2.33 bits per heavy atom. The Balaban J connectivity index is 1.90. The van der Waals surface area contributed by atoms with Crippen molar-refractivity contribution in [3.05, 3.63) is 54.1 Å². The Morgan fingerprint density at radius 2 is 1.71 bits per heavy atom. The summed E-state index contributed by atoms with van der Waals surface area (Å²) in [7, 11) is 1.58. The van der Waals surface area contributed by atoms with E-state index in [-0.39, 0.29) is 6.03 Å². The number of amides is 2. The van der Waals surface area contributed by atoms with Gasteiger partial charge in [0, 0.05) is 25.3 Å². The molecule has 0 radical (unpaired) electrons. The van der Waals surface area contributed by atoms with E-state index < -0.39 is 0 Å². The molecule has 0 saturated carbocycles. The third-order valence-electron chi connectivity index (χ3n) is 3.87. The first-order valence-corrected chi connectivity index (χ1v) is 8.19. The number of ether oxygens (including phenoxy) is 1. The average molecular weight is 327 g/mol. The lowest BCUT2D eigenvalue weighted by Crippen LogP contribution is -2.28. The quantitative estimate of drug-likeness (QED) is 0.812. The second-order valence-electron chi connectivity index (χ2n) is 5.35. The SMILES string of the molecule is CCN(CC)c1ccc(CNC(=O)Nc2ccccc2OC)cc1. The van der Waals surface area contributed by atoms with Crippen molar-refractivity contribution in [2.45, 2.75) is 20.4 Å². The summed E-state index contributed by atoms with van der Waals surface area (Å²) in [5.74, 6) is 0.635. The number of hydrogen-bond acceptors (Lipinski definition) is 3. The second-order valence-corrected chi connectivity index (χ2v) is 5.35. The number of para-hydroxylation sites is 2. The van der Waals surface area contributed by atoms with Crippen molar-refractivity contribution in [3.8, 4) is 5.75 Å². The molecule has 0 heterocycles. The van der Waals surface area contributed by atoms with Crippen LogP contribution in [-0.2, 0) is 6.54 Å². The molecule has 24 heavy (non-hydrogen) atoms. The number of benzene rings is 2. The smallest absolute Gasteiger partial charge is 0.319 e. The number of hydrogen-bond donors (Lipinski definition) is 2. The molecule has 5 nitrogen and oxygen atoms in total. The zero-order valence-electron chi connectivity index (χ0n) is 14.5. The molecule has 0 aliphatic carbocycles. The van der Waals surface area contributed by atoms with Crippen LogP contribution in [0.25, 0.3) is 0 Å². The van der Waals surface area contributed by atoms with E-state index in [1.54, 1.807) is 13.2 Å². The van der Waals surface area contributed by atoms with Crippen molar-refractivity contribution in [1.82, 2.24) is 5.32 Å². The van der Waals surface area contributed by atoms with Crippen LogP contribution in [0.1, 0.15) is 19.4 Å². The van der Waals surface area contributed by atoms with E-state index in [2.05, 4.69) is 41.5 Å². The molecule has 2 N–H and O–H groups in total. The Morgan fingerprint density at radius 1 is 1.04 bits per heavy atom. The van der Waals surface area contributed by atoms with E-state index in [4.69, 9.17) is 4.74 Å². The van der Waals surface area contributed by atoms with Crippen LogP contribution in [0.4, 0.5) is 16.2 Å². The van der Waals surface area contributed by atoms with Crippen LogP contribution in [0.5, 0.6) is 5.75 Å². The highest BCUT2D eigenvalue weighted by Gasteiger charge is 2.06. The summed E-state index contributed by atoms with van der Waals surface area (Å²) in [5, 5.41) is 5.65. The van der Waals surface area contributed by atoms with Crippen molar-refractivity contribution in [2.75, 3.05) is 30.4 Å². The minimum absolute atomic E-state index is 0.257. The number of rotatable bonds is 7. The number of urea groups is 1. The van der Waals surface area contributed by atoms with Gasteiger partial charge in [-0.1, -0.05) is 24.3 Å². The van der Waals surface area contributed by atoms with Gasteiger partial charge in [-0.3, -0.25) is 0 Å². The van der Waals surface area contributed by atoms with Crippen molar-refractivity contribution < 1.29 is 9.53 Å². The molecule has 2 aromatic carbocycles. The first-order chi connectivity index (χ1) is 11.7. The summed E-state index contributed by atoms with van der Waals surface area (Å²) in [6, 6.07) is 15.3. The molecule has 0 atom stereocenters. The fourth-order valence-electron chi connectivity index (χ4n) is 2.51. The number of carbonyl (C=O) groups excluding carboxylic acids is 1. The predicted octanol–water partition coefficient (Wildman–Crippen LogP) is 3.86. The lowest BCUT2D eigenvalue weighted by atomic mass is 10.2. The number of nitrogens with one attached hydrogen (secondary N) is 2. The van der Waals surface area contributed by atoms with Gasteiger partial charge in [0.2, 0.25) is 0 Å². The van der Waals surface area contributed by atoms with E-state index in [0.29, 0.717) is 18.0 Å². The summed E-state index contributed by atoms with van der Waals surface area (Å²) in [4.78, 5) is 14.3. The minimum Gasteiger partial charge on any atom is -0.495 e. The average Bonchev–Trinajstić information content (AvgIpc) is 2.62. The maximum atomic E-state index is 12.0. The summed E-state index contributed by atoms with van der Waals surface area (Å²) in [6.07, 6.45) is 0. The molecule has 0 bridgehead atoms. The normalized spacial score (nSPS) is 10.1. The van der Waals surface area contributed by atoms with Gasteiger partial charge in [0.1, 0.15) is 5.75 Å². The molecule has 2 rings (SSSR count). The zero-order chi connectivity index (χ0) is 17.4. The molecule has 0 aliphatic rings. The standard InChI is InChI=1S/C19H25N3O2/c1-4-22(5-2)16-12-10-15(11-13-16)14-20-19(23)21-17-8-6-7-9-18(17)24-3/h6-13H,4-5,14H2,1-3H3,(H2,20,21,23). The summed E-state index contributed by atoms with van der Waals surface area (Å²) < 4.78 is 5.22. The van der Waals surface area contributed by atoms with Gasteiger partial charge >= 0.3 is 6.03 Å². The molecule has 0 spiro atoms. The first kappa shape index (κ1) is 17.7. The highest BCUT2D eigenvalue weighted by molar-refractivity contribution is 5.90. The molecule has 0 fully saturated rings. The molecule has 0 saturated heterocycles. The molecule has 2 aromatic rings. The topological polar surface area (TPSA) is 53.6 Å². The number of methoxy groups -OCH3 is 1. The van der Waals surface area contributed by atoms with Crippen LogP contribution >= 0.6 is 0 Å². The summed E-state index contributed by atoms with van der Waals surface area (Å²) >= 11 is 0. The fourth-order valence-corrected chi connectivity index (χ4v) is 2.51. The molecule has 128 valence electrons. The maximum Gasteiger partial charge on any atom is 0.319 e. The largest absolute Gasteiger partial charge is 0.495 e. The number of anilines is 2. The predicted molar refractivity (Wildman–Crippen MR) is 98.9 cm³/mol. The summed E-state index contributed by atoms with van der Waals surface area (Å²) in [6.45, 7) is 6.71. The van der Waals surface area contributed by atoms with Gasteiger partial charge in [-0.15, -0.1) is 0 Å². The molecule has 0 aliphatic heterocycles. The van der Waals surface area contributed by atoms with Gasteiger partial charge in [0.15, 0.2) is 0 Å². The Hall–Kier alpha value is -2.69. The van der Waals surface area contributed by atoms with Crippen LogP contribution in [0.2, 0.25) is 0 Å². The van der Waals surface area contributed by atoms with Gasteiger partial charge in [-0.05, 0) is 43.7 Å². The van der Waals surface area contributed by atoms with Crippen LogP contribution in [0.15, 0.2) is 48.5 Å². The van der Waals surface area contributed by atoms with Crippen LogP contribution < -0.4 is 20.3 Å². The number of nitrogens with zero attached hydrogens (tertiary/aromatic N) is 1. The Kier molecular flexibility index (Phi) is 6.49. The van der Waals surface area contributed by atoms with Crippen molar-refractivity contribution in [2.24, 2.45) is 0 Å². The van der Waals surface area contributed by atoms with Crippen LogP contribution in [0.3, 0.4) is 0 Å². The monoisotopic (exact) mass is 327 g/mol. The van der Waals surface area contributed by atoms with E-state index in [0.717, 1.165) is 18.7 Å². The lowest BCUT2D eigenvalue weighted by molar-refractivity contribution is 0.251. The maximum absolute atomic E-state index is 12.0.